The number of methoxy groups -OCH3 is 2. The highest BCUT2D eigenvalue weighted by atomic mass is 35.5. The molecule has 0 aliphatic heterocycles. The van der Waals surface area contributed by atoms with Crippen LogP contribution in [-0.2, 0) is 17.8 Å². The Morgan fingerprint density at radius 2 is 1.76 bits per heavy atom. The van der Waals surface area contributed by atoms with Crippen LogP contribution < -0.4 is 9.47 Å². The van der Waals surface area contributed by atoms with Crippen molar-refractivity contribution in [3.8, 4) is 11.5 Å². The summed E-state index contributed by atoms with van der Waals surface area (Å²) in [6, 6.07) is 11.2. The van der Waals surface area contributed by atoms with Crippen molar-refractivity contribution in [1.82, 2.24) is 4.90 Å². The second-order valence-corrected chi connectivity index (χ2v) is 7.79. The van der Waals surface area contributed by atoms with Crippen LogP contribution in [0.3, 0.4) is 0 Å². The molecule has 0 N–H and O–H groups in total. The van der Waals surface area contributed by atoms with Gasteiger partial charge in [-0.1, -0.05) is 55.1 Å². The number of carbonyl (C=O) groups is 1. The number of carbonyl (C=O) groups excluding carboxylic acids is 1. The summed E-state index contributed by atoms with van der Waals surface area (Å²) in [7, 11) is 3.22. The van der Waals surface area contributed by atoms with E-state index in [0.29, 0.717) is 47.5 Å². The first kappa shape index (κ1) is 23.4. The molecule has 0 bridgehead atoms. The molecule has 0 aromatic heterocycles. The zero-order chi connectivity index (χ0) is 21.2. The third-order valence-electron chi connectivity index (χ3n) is 4.83. The van der Waals surface area contributed by atoms with Gasteiger partial charge in [-0.15, -0.1) is 0 Å². The number of ether oxygens (including phenoxy) is 2. The van der Waals surface area contributed by atoms with E-state index in [2.05, 4.69) is 6.92 Å². The molecule has 0 saturated carbocycles. The minimum absolute atomic E-state index is 0.151. The summed E-state index contributed by atoms with van der Waals surface area (Å²) < 4.78 is 10.7. The number of amides is 1. The van der Waals surface area contributed by atoms with Crippen LogP contribution in [0.5, 0.6) is 11.5 Å². The molecular formula is C23H29Cl2NO3. The molecule has 4 nitrogen and oxygen atoms in total. The second kappa shape index (κ2) is 11.9. The topological polar surface area (TPSA) is 38.8 Å². The molecule has 0 spiro atoms. The van der Waals surface area contributed by atoms with Crippen LogP contribution >= 0.6 is 23.2 Å². The van der Waals surface area contributed by atoms with Gasteiger partial charge in [-0.2, -0.15) is 0 Å². The van der Waals surface area contributed by atoms with E-state index in [1.165, 1.54) is 0 Å². The van der Waals surface area contributed by atoms with E-state index in [-0.39, 0.29) is 5.91 Å². The molecule has 0 fully saturated rings. The molecule has 2 rings (SSSR count). The lowest BCUT2D eigenvalue weighted by Gasteiger charge is -2.24. The first-order chi connectivity index (χ1) is 14.0. The Labute approximate surface area is 183 Å². The van der Waals surface area contributed by atoms with Gasteiger partial charge in [0.1, 0.15) is 0 Å². The molecule has 0 aliphatic rings. The SMILES string of the molecule is CCCCCC(=O)N(CCc1ccc(Cl)cc1Cl)Cc1ccc(OC)c(OC)c1. The largest absolute Gasteiger partial charge is 0.493 e. The summed E-state index contributed by atoms with van der Waals surface area (Å²) in [6.45, 7) is 3.23. The van der Waals surface area contributed by atoms with Gasteiger partial charge < -0.3 is 14.4 Å². The van der Waals surface area contributed by atoms with Crippen LogP contribution in [0, 0.1) is 0 Å². The maximum absolute atomic E-state index is 12.9. The molecule has 0 saturated heterocycles. The van der Waals surface area contributed by atoms with E-state index < -0.39 is 0 Å². The normalized spacial score (nSPS) is 10.7. The fourth-order valence-corrected chi connectivity index (χ4v) is 3.66. The highest BCUT2D eigenvalue weighted by Crippen LogP contribution is 2.28. The van der Waals surface area contributed by atoms with E-state index in [1.54, 1.807) is 20.3 Å². The van der Waals surface area contributed by atoms with Crippen molar-refractivity contribution >= 4 is 29.1 Å². The predicted molar refractivity (Wildman–Crippen MR) is 119 cm³/mol. The smallest absolute Gasteiger partial charge is 0.222 e. The Hall–Kier alpha value is -1.91. The summed E-state index contributed by atoms with van der Waals surface area (Å²) in [5, 5.41) is 1.23. The van der Waals surface area contributed by atoms with Crippen molar-refractivity contribution < 1.29 is 14.3 Å². The number of hydrogen-bond acceptors (Lipinski definition) is 3. The lowest BCUT2D eigenvalue weighted by molar-refractivity contribution is -0.131. The number of unbranched alkanes of at least 4 members (excludes halogenated alkanes) is 2. The zero-order valence-corrected chi connectivity index (χ0v) is 18.9. The molecule has 29 heavy (non-hydrogen) atoms. The average Bonchev–Trinajstić information content (AvgIpc) is 2.72. The molecule has 0 heterocycles. The first-order valence-corrected chi connectivity index (χ1v) is 10.7. The van der Waals surface area contributed by atoms with Crippen molar-refractivity contribution in [1.29, 1.82) is 0 Å². The van der Waals surface area contributed by atoms with Crippen LogP contribution in [0.25, 0.3) is 0 Å². The number of benzene rings is 2. The Bertz CT molecular complexity index is 811. The maximum atomic E-state index is 12.9. The van der Waals surface area contributed by atoms with Crippen molar-refractivity contribution in [3.63, 3.8) is 0 Å². The van der Waals surface area contributed by atoms with E-state index in [1.807, 2.05) is 35.2 Å². The van der Waals surface area contributed by atoms with E-state index >= 15 is 0 Å². The quantitative estimate of drug-likeness (QED) is 0.394. The minimum Gasteiger partial charge on any atom is -0.493 e. The Balaban J connectivity index is 2.14. The van der Waals surface area contributed by atoms with Crippen molar-refractivity contribution in [2.45, 2.75) is 45.6 Å². The lowest BCUT2D eigenvalue weighted by Crippen LogP contribution is -2.32. The van der Waals surface area contributed by atoms with Gasteiger partial charge in [-0.25, -0.2) is 0 Å². The fourth-order valence-electron chi connectivity index (χ4n) is 3.16. The molecule has 2 aromatic rings. The van der Waals surface area contributed by atoms with Gasteiger partial charge >= 0.3 is 0 Å². The minimum atomic E-state index is 0.151. The molecule has 0 radical (unpaired) electrons. The summed E-state index contributed by atoms with van der Waals surface area (Å²) in [4.78, 5) is 14.8. The monoisotopic (exact) mass is 437 g/mol. The Morgan fingerprint density at radius 1 is 1.00 bits per heavy atom. The maximum Gasteiger partial charge on any atom is 0.222 e. The van der Waals surface area contributed by atoms with Gasteiger partial charge in [-0.05, 0) is 48.2 Å². The highest BCUT2D eigenvalue weighted by Gasteiger charge is 2.16. The molecule has 6 heteroatoms. The number of halogens is 2. The second-order valence-electron chi connectivity index (χ2n) is 6.95. The van der Waals surface area contributed by atoms with Crippen molar-refractivity contribution in [3.05, 3.63) is 57.6 Å². The molecule has 1 amide bonds. The predicted octanol–water partition coefficient (Wildman–Crippen LogP) is 6.16. The van der Waals surface area contributed by atoms with Gasteiger partial charge in [0.25, 0.3) is 0 Å². The summed E-state index contributed by atoms with van der Waals surface area (Å²) in [5.41, 5.74) is 1.98. The van der Waals surface area contributed by atoms with Gasteiger partial charge in [-0.3, -0.25) is 4.79 Å². The van der Waals surface area contributed by atoms with E-state index in [0.717, 1.165) is 30.4 Å². The molecule has 2 aromatic carbocycles. The third kappa shape index (κ3) is 7.13. The Morgan fingerprint density at radius 3 is 2.41 bits per heavy atom. The molecular weight excluding hydrogens is 409 g/mol. The van der Waals surface area contributed by atoms with Crippen LogP contribution in [0.15, 0.2) is 36.4 Å². The third-order valence-corrected chi connectivity index (χ3v) is 5.42. The van der Waals surface area contributed by atoms with Crippen LogP contribution in [0.1, 0.15) is 43.7 Å². The van der Waals surface area contributed by atoms with E-state index in [9.17, 15) is 4.79 Å². The highest BCUT2D eigenvalue weighted by molar-refractivity contribution is 6.35. The zero-order valence-electron chi connectivity index (χ0n) is 17.3. The standard InChI is InChI=1S/C23H29Cl2NO3/c1-4-5-6-7-23(27)26(13-12-18-9-10-19(24)15-20(18)25)16-17-8-11-21(28-2)22(14-17)29-3/h8-11,14-15H,4-7,12-13,16H2,1-3H3. The van der Waals surface area contributed by atoms with Crippen LogP contribution in [0.2, 0.25) is 10.0 Å². The summed E-state index contributed by atoms with van der Waals surface area (Å²) in [5.74, 6) is 1.48. The lowest BCUT2D eigenvalue weighted by atomic mass is 10.1. The fraction of sp³-hybridized carbons (Fsp3) is 0.435. The molecule has 0 atom stereocenters. The average molecular weight is 438 g/mol. The summed E-state index contributed by atoms with van der Waals surface area (Å²) >= 11 is 12.3. The van der Waals surface area contributed by atoms with E-state index in [4.69, 9.17) is 32.7 Å². The molecule has 158 valence electrons. The van der Waals surface area contributed by atoms with Gasteiger partial charge in [0, 0.05) is 29.6 Å². The van der Waals surface area contributed by atoms with Gasteiger partial charge in [0.05, 0.1) is 14.2 Å². The number of hydrogen-bond donors (Lipinski definition) is 0. The van der Waals surface area contributed by atoms with Gasteiger partial charge in [0.2, 0.25) is 5.91 Å². The van der Waals surface area contributed by atoms with Crippen molar-refractivity contribution in [2.24, 2.45) is 0 Å². The van der Waals surface area contributed by atoms with Crippen LogP contribution in [0.4, 0.5) is 0 Å². The first-order valence-electron chi connectivity index (χ1n) is 9.91. The number of rotatable bonds is 11. The molecule has 0 aliphatic carbocycles. The van der Waals surface area contributed by atoms with Crippen molar-refractivity contribution in [2.75, 3.05) is 20.8 Å². The van der Waals surface area contributed by atoms with Crippen LogP contribution in [-0.4, -0.2) is 31.6 Å². The van der Waals surface area contributed by atoms with Gasteiger partial charge in [0.15, 0.2) is 11.5 Å². The number of nitrogens with zero attached hydrogens (tertiary/aromatic N) is 1. The summed E-state index contributed by atoms with van der Waals surface area (Å²) in [6.07, 6.45) is 4.26. The molecule has 0 unspecified atom stereocenters. The Kier molecular flexibility index (Phi) is 9.62.